The van der Waals surface area contributed by atoms with E-state index in [9.17, 15) is 9.65 Å². The molecule has 4 rings (SSSR count). The van der Waals surface area contributed by atoms with E-state index in [4.69, 9.17) is 5.11 Å². The molecule has 2 heterocycles. The quantitative estimate of drug-likeness (QED) is 0.618. The summed E-state index contributed by atoms with van der Waals surface area (Å²) in [7, 11) is 0. The fraction of sp³-hybridized carbons (Fsp3) is 0.409. The minimum atomic E-state index is -0.245. The molecule has 2 aromatic rings. The molecule has 0 amide bonds. The van der Waals surface area contributed by atoms with Crippen LogP contribution in [0.15, 0.2) is 30.3 Å². The highest BCUT2D eigenvalue weighted by molar-refractivity contribution is 5.72. The van der Waals surface area contributed by atoms with E-state index in [-0.39, 0.29) is 12.4 Å². The summed E-state index contributed by atoms with van der Waals surface area (Å²) in [5.41, 5.74) is 2.60. The molecular weight excluding hydrogens is 383 g/mol. The maximum atomic E-state index is 13.2. The molecule has 0 spiro atoms. The van der Waals surface area contributed by atoms with E-state index in [0.29, 0.717) is 48.7 Å². The van der Waals surface area contributed by atoms with Crippen molar-refractivity contribution in [1.29, 1.82) is 5.26 Å². The van der Waals surface area contributed by atoms with E-state index < -0.39 is 0 Å². The normalized spacial score (nSPS) is 16.0. The van der Waals surface area contributed by atoms with Gasteiger partial charge in [-0.1, -0.05) is 18.2 Å². The molecule has 1 saturated carbocycles. The number of aliphatic hydroxyl groups is 1. The second-order valence-electron chi connectivity index (χ2n) is 7.61. The van der Waals surface area contributed by atoms with Crippen LogP contribution in [0.4, 0.5) is 22.0 Å². The van der Waals surface area contributed by atoms with E-state index in [1.807, 2.05) is 0 Å². The number of rotatable bonds is 8. The van der Waals surface area contributed by atoms with E-state index in [1.54, 1.807) is 12.1 Å². The third-order valence-electron chi connectivity index (χ3n) is 5.38. The lowest BCUT2D eigenvalue weighted by Gasteiger charge is -2.29. The smallest absolute Gasteiger partial charge is 0.226 e. The Labute approximate surface area is 175 Å². The summed E-state index contributed by atoms with van der Waals surface area (Å²) in [5.74, 6) is 1.90. The first-order valence-electron chi connectivity index (χ1n) is 10.3. The minimum Gasteiger partial charge on any atom is -0.395 e. The van der Waals surface area contributed by atoms with Gasteiger partial charge in [0.15, 0.2) is 11.6 Å². The number of anilines is 3. The van der Waals surface area contributed by atoms with Gasteiger partial charge in [0.2, 0.25) is 5.95 Å². The molecule has 0 unspecified atom stereocenters. The Kier molecular flexibility index (Phi) is 6.10. The number of benzene rings is 1. The van der Waals surface area contributed by atoms with Gasteiger partial charge in [-0.2, -0.15) is 15.2 Å². The fourth-order valence-electron chi connectivity index (χ4n) is 3.51. The molecule has 0 saturated heterocycles. The number of nitrogens with zero attached hydrogens (tertiary/aromatic N) is 4. The number of nitriles is 1. The summed E-state index contributed by atoms with van der Waals surface area (Å²) in [5, 5.41) is 25.3. The van der Waals surface area contributed by atoms with E-state index in [1.165, 1.54) is 25.0 Å². The van der Waals surface area contributed by atoms with E-state index in [0.717, 1.165) is 24.1 Å². The fourth-order valence-corrected chi connectivity index (χ4v) is 3.51. The highest BCUT2D eigenvalue weighted by atomic mass is 19.1. The SMILES string of the molecule is N#Cc1c(NCC2CC2)nc(NCCO)nc1N1CC=C(c2ccc(F)cc2)CC1. The van der Waals surface area contributed by atoms with Gasteiger partial charge in [0.1, 0.15) is 17.4 Å². The lowest BCUT2D eigenvalue weighted by molar-refractivity contribution is 0.311. The Hall–Kier alpha value is -3.18. The lowest BCUT2D eigenvalue weighted by Crippen LogP contribution is -2.30. The third-order valence-corrected chi connectivity index (χ3v) is 5.38. The maximum absolute atomic E-state index is 13.2. The van der Waals surface area contributed by atoms with Crippen LogP contribution in [0.1, 0.15) is 30.4 Å². The van der Waals surface area contributed by atoms with E-state index in [2.05, 4.69) is 37.6 Å². The molecule has 156 valence electrons. The first kappa shape index (κ1) is 20.1. The number of aromatic nitrogens is 2. The molecule has 0 atom stereocenters. The van der Waals surface area contributed by atoms with Crippen LogP contribution in [-0.2, 0) is 0 Å². The first-order valence-corrected chi connectivity index (χ1v) is 10.3. The van der Waals surface area contributed by atoms with Crippen molar-refractivity contribution in [2.75, 3.05) is 48.3 Å². The number of hydrogen-bond donors (Lipinski definition) is 3. The number of hydrogen-bond acceptors (Lipinski definition) is 7. The minimum absolute atomic E-state index is 0.0307. The molecule has 1 aliphatic heterocycles. The first-order chi connectivity index (χ1) is 14.7. The Morgan fingerprint density at radius 3 is 2.63 bits per heavy atom. The Balaban J connectivity index is 1.59. The van der Waals surface area contributed by atoms with Crippen molar-refractivity contribution in [2.24, 2.45) is 5.92 Å². The third kappa shape index (κ3) is 4.69. The van der Waals surface area contributed by atoms with Crippen LogP contribution in [-0.4, -0.2) is 47.9 Å². The average molecular weight is 408 g/mol. The number of halogens is 1. The molecule has 3 N–H and O–H groups in total. The van der Waals surface area contributed by atoms with Gasteiger partial charge in [0, 0.05) is 26.2 Å². The van der Waals surface area contributed by atoms with Gasteiger partial charge in [-0.3, -0.25) is 0 Å². The van der Waals surface area contributed by atoms with Gasteiger partial charge in [-0.25, -0.2) is 4.39 Å². The molecule has 0 radical (unpaired) electrons. The summed E-state index contributed by atoms with van der Waals surface area (Å²) >= 11 is 0. The van der Waals surface area contributed by atoms with Crippen molar-refractivity contribution in [1.82, 2.24) is 9.97 Å². The molecular formula is C22H25FN6O. The van der Waals surface area contributed by atoms with Gasteiger partial charge in [-0.05, 0) is 48.4 Å². The zero-order chi connectivity index (χ0) is 20.9. The van der Waals surface area contributed by atoms with Crippen molar-refractivity contribution in [3.63, 3.8) is 0 Å². The predicted octanol–water partition coefficient (Wildman–Crippen LogP) is 3.01. The molecule has 1 aromatic carbocycles. The molecule has 1 aliphatic carbocycles. The predicted molar refractivity (Wildman–Crippen MR) is 115 cm³/mol. The van der Waals surface area contributed by atoms with Gasteiger partial charge in [0.25, 0.3) is 0 Å². The lowest BCUT2D eigenvalue weighted by atomic mass is 9.99. The van der Waals surface area contributed by atoms with Gasteiger partial charge in [-0.15, -0.1) is 0 Å². The van der Waals surface area contributed by atoms with Gasteiger partial charge in [0.05, 0.1) is 6.61 Å². The van der Waals surface area contributed by atoms with Gasteiger partial charge < -0.3 is 20.6 Å². The molecule has 2 aliphatic rings. The molecule has 1 aromatic heterocycles. The van der Waals surface area contributed by atoms with Crippen molar-refractivity contribution in [3.05, 3.63) is 47.3 Å². The average Bonchev–Trinajstić information content (AvgIpc) is 3.61. The van der Waals surface area contributed by atoms with E-state index >= 15 is 0 Å². The molecule has 7 nitrogen and oxygen atoms in total. The maximum Gasteiger partial charge on any atom is 0.226 e. The molecule has 0 bridgehead atoms. The summed E-state index contributed by atoms with van der Waals surface area (Å²) in [6.07, 6.45) is 5.26. The van der Waals surface area contributed by atoms with Crippen LogP contribution in [0.25, 0.3) is 5.57 Å². The zero-order valence-electron chi connectivity index (χ0n) is 16.7. The largest absolute Gasteiger partial charge is 0.395 e. The Morgan fingerprint density at radius 2 is 2.00 bits per heavy atom. The van der Waals surface area contributed by atoms with Crippen LogP contribution in [0.5, 0.6) is 0 Å². The van der Waals surface area contributed by atoms with Crippen molar-refractivity contribution < 1.29 is 9.50 Å². The highest BCUT2D eigenvalue weighted by Crippen LogP contribution is 2.32. The monoisotopic (exact) mass is 408 g/mol. The zero-order valence-corrected chi connectivity index (χ0v) is 16.7. The topological polar surface area (TPSA) is 97.1 Å². The Morgan fingerprint density at radius 1 is 1.20 bits per heavy atom. The molecule has 1 fully saturated rings. The number of aliphatic hydroxyl groups excluding tert-OH is 1. The summed E-state index contributed by atoms with van der Waals surface area (Å²) in [6.45, 7) is 2.38. The van der Waals surface area contributed by atoms with Crippen LogP contribution in [0.2, 0.25) is 0 Å². The molecule has 30 heavy (non-hydrogen) atoms. The van der Waals surface area contributed by atoms with Crippen molar-refractivity contribution >= 4 is 23.2 Å². The van der Waals surface area contributed by atoms with Crippen molar-refractivity contribution in [2.45, 2.75) is 19.3 Å². The van der Waals surface area contributed by atoms with Crippen LogP contribution in [0.3, 0.4) is 0 Å². The second-order valence-corrected chi connectivity index (χ2v) is 7.61. The second kappa shape index (κ2) is 9.09. The standard InChI is InChI=1S/C22H25FN6O/c23-18-5-3-16(4-6-18)17-7-10-29(11-8-17)21-19(13-24)20(26-14-15-1-2-15)27-22(28-21)25-9-12-30/h3-7,15,30H,1-2,8-12,14H2,(H2,25,26,27,28). The summed E-state index contributed by atoms with van der Waals surface area (Å²) in [4.78, 5) is 11.1. The van der Waals surface area contributed by atoms with Crippen LogP contribution >= 0.6 is 0 Å². The summed E-state index contributed by atoms with van der Waals surface area (Å²) in [6, 6.07) is 8.79. The summed E-state index contributed by atoms with van der Waals surface area (Å²) < 4.78 is 13.2. The number of nitrogens with one attached hydrogen (secondary N) is 2. The highest BCUT2D eigenvalue weighted by Gasteiger charge is 2.25. The van der Waals surface area contributed by atoms with Crippen LogP contribution in [0, 0.1) is 23.1 Å². The van der Waals surface area contributed by atoms with Gasteiger partial charge >= 0.3 is 0 Å². The van der Waals surface area contributed by atoms with Crippen LogP contribution < -0.4 is 15.5 Å². The van der Waals surface area contributed by atoms with Crippen molar-refractivity contribution in [3.8, 4) is 6.07 Å². The Bertz CT molecular complexity index is 965. The molecule has 8 heteroatoms.